The SMILES string of the molecule is O=C(O)CCC(CC1CCCCC1)NC(=O)c1cccc(-n2cncn2)c1. The van der Waals surface area contributed by atoms with Crippen molar-refractivity contribution in [2.45, 2.75) is 57.4 Å². The minimum Gasteiger partial charge on any atom is -0.481 e. The van der Waals surface area contributed by atoms with Crippen LogP contribution in [-0.4, -0.2) is 37.8 Å². The Kier molecular flexibility index (Phi) is 6.57. The Balaban J connectivity index is 1.67. The number of carboxylic acid groups (broad SMARTS) is 1. The van der Waals surface area contributed by atoms with Crippen molar-refractivity contribution in [3.8, 4) is 5.69 Å². The third-order valence-corrected chi connectivity index (χ3v) is 5.18. The average molecular weight is 370 g/mol. The first kappa shape index (κ1) is 19.1. The number of carboxylic acids is 1. The van der Waals surface area contributed by atoms with Gasteiger partial charge in [0.1, 0.15) is 12.7 Å². The maximum atomic E-state index is 12.8. The molecule has 3 rings (SSSR count). The molecule has 1 saturated carbocycles. The Morgan fingerprint density at radius 2 is 2.07 bits per heavy atom. The van der Waals surface area contributed by atoms with E-state index >= 15 is 0 Å². The molecule has 1 aromatic heterocycles. The molecule has 2 aromatic rings. The first-order valence-corrected chi connectivity index (χ1v) is 9.59. The summed E-state index contributed by atoms with van der Waals surface area (Å²) < 4.78 is 1.60. The minimum absolute atomic E-state index is 0.0661. The Hall–Kier alpha value is -2.70. The van der Waals surface area contributed by atoms with Gasteiger partial charge in [-0.25, -0.2) is 9.67 Å². The second-order valence-electron chi connectivity index (χ2n) is 7.23. The van der Waals surface area contributed by atoms with Crippen LogP contribution in [0.5, 0.6) is 0 Å². The van der Waals surface area contributed by atoms with Crippen molar-refractivity contribution < 1.29 is 14.7 Å². The third-order valence-electron chi connectivity index (χ3n) is 5.18. The predicted octanol–water partition coefficient (Wildman–Crippen LogP) is 3.20. The van der Waals surface area contributed by atoms with E-state index < -0.39 is 5.97 Å². The van der Waals surface area contributed by atoms with E-state index in [0.717, 1.165) is 12.1 Å². The molecule has 1 aliphatic rings. The van der Waals surface area contributed by atoms with E-state index in [1.54, 1.807) is 29.2 Å². The average Bonchev–Trinajstić information content (AvgIpc) is 3.22. The van der Waals surface area contributed by atoms with Gasteiger partial charge in [-0.05, 0) is 37.0 Å². The van der Waals surface area contributed by atoms with Crippen LogP contribution < -0.4 is 5.32 Å². The topological polar surface area (TPSA) is 97.1 Å². The molecule has 1 fully saturated rings. The lowest BCUT2D eigenvalue weighted by molar-refractivity contribution is -0.137. The van der Waals surface area contributed by atoms with E-state index in [1.165, 1.54) is 38.4 Å². The van der Waals surface area contributed by atoms with Crippen LogP contribution >= 0.6 is 0 Å². The summed E-state index contributed by atoms with van der Waals surface area (Å²) in [4.78, 5) is 27.7. The summed E-state index contributed by atoms with van der Waals surface area (Å²) in [5, 5.41) is 16.2. The molecule has 0 bridgehead atoms. The monoisotopic (exact) mass is 370 g/mol. The number of amides is 1. The molecule has 27 heavy (non-hydrogen) atoms. The Labute approximate surface area is 158 Å². The van der Waals surface area contributed by atoms with Gasteiger partial charge < -0.3 is 10.4 Å². The van der Waals surface area contributed by atoms with E-state index in [9.17, 15) is 9.59 Å². The lowest BCUT2D eigenvalue weighted by Gasteiger charge is -2.27. The van der Waals surface area contributed by atoms with Crippen molar-refractivity contribution in [1.29, 1.82) is 0 Å². The van der Waals surface area contributed by atoms with Crippen LogP contribution in [0.15, 0.2) is 36.9 Å². The number of benzene rings is 1. The van der Waals surface area contributed by atoms with Gasteiger partial charge in [-0.15, -0.1) is 0 Å². The maximum Gasteiger partial charge on any atom is 0.303 e. The number of carbonyl (C=O) groups excluding carboxylic acids is 1. The fourth-order valence-electron chi connectivity index (χ4n) is 3.77. The van der Waals surface area contributed by atoms with E-state index in [-0.39, 0.29) is 18.4 Å². The smallest absolute Gasteiger partial charge is 0.303 e. The third kappa shape index (κ3) is 5.64. The summed E-state index contributed by atoms with van der Waals surface area (Å²) in [5.41, 5.74) is 1.29. The first-order valence-electron chi connectivity index (χ1n) is 9.59. The quantitative estimate of drug-likeness (QED) is 0.744. The van der Waals surface area contributed by atoms with Crippen LogP contribution in [0.4, 0.5) is 0 Å². The highest BCUT2D eigenvalue weighted by molar-refractivity contribution is 5.94. The number of hydrogen-bond donors (Lipinski definition) is 2. The van der Waals surface area contributed by atoms with Crippen LogP contribution in [0.2, 0.25) is 0 Å². The van der Waals surface area contributed by atoms with Gasteiger partial charge in [-0.3, -0.25) is 9.59 Å². The molecule has 1 heterocycles. The number of aromatic nitrogens is 3. The Morgan fingerprint density at radius 3 is 2.78 bits per heavy atom. The number of nitrogens with zero attached hydrogens (tertiary/aromatic N) is 3. The molecule has 1 amide bonds. The highest BCUT2D eigenvalue weighted by Gasteiger charge is 2.22. The molecule has 7 nitrogen and oxygen atoms in total. The summed E-state index contributed by atoms with van der Waals surface area (Å²) >= 11 is 0. The van der Waals surface area contributed by atoms with E-state index in [4.69, 9.17) is 5.11 Å². The van der Waals surface area contributed by atoms with Gasteiger partial charge in [0.15, 0.2) is 0 Å². The van der Waals surface area contributed by atoms with Gasteiger partial charge in [0, 0.05) is 18.0 Å². The zero-order valence-corrected chi connectivity index (χ0v) is 15.4. The molecule has 2 N–H and O–H groups in total. The van der Waals surface area contributed by atoms with Crippen LogP contribution in [-0.2, 0) is 4.79 Å². The van der Waals surface area contributed by atoms with E-state index in [0.29, 0.717) is 17.9 Å². The van der Waals surface area contributed by atoms with Crippen molar-refractivity contribution in [2.75, 3.05) is 0 Å². The first-order chi connectivity index (χ1) is 13.1. The molecule has 1 atom stereocenters. The van der Waals surface area contributed by atoms with Gasteiger partial charge in [0.05, 0.1) is 5.69 Å². The molecule has 0 saturated heterocycles. The highest BCUT2D eigenvalue weighted by atomic mass is 16.4. The lowest BCUT2D eigenvalue weighted by Crippen LogP contribution is -2.37. The van der Waals surface area contributed by atoms with Crippen LogP contribution in [0, 0.1) is 5.92 Å². The zero-order chi connectivity index (χ0) is 19.1. The fraction of sp³-hybridized carbons (Fsp3) is 0.500. The Morgan fingerprint density at radius 1 is 1.26 bits per heavy atom. The van der Waals surface area contributed by atoms with Crippen LogP contribution in [0.25, 0.3) is 5.69 Å². The highest BCUT2D eigenvalue weighted by Crippen LogP contribution is 2.28. The fourth-order valence-corrected chi connectivity index (χ4v) is 3.77. The van der Waals surface area contributed by atoms with Gasteiger partial charge in [0.25, 0.3) is 5.91 Å². The normalized spacial score (nSPS) is 16.0. The molecule has 0 aliphatic heterocycles. The second kappa shape index (κ2) is 9.30. The number of carbonyl (C=O) groups is 2. The summed E-state index contributed by atoms with van der Waals surface area (Å²) in [6.07, 6.45) is 10.5. The standard InChI is InChI=1S/C20H26N4O3/c25-19(26)10-9-17(11-15-5-2-1-3-6-15)23-20(27)16-7-4-8-18(12-16)24-14-21-13-22-24/h4,7-8,12-15,17H,1-3,5-6,9-11H2,(H,23,27)(H,25,26). The second-order valence-corrected chi connectivity index (χ2v) is 7.23. The van der Waals surface area contributed by atoms with E-state index in [1.807, 2.05) is 6.07 Å². The molecule has 1 aromatic carbocycles. The van der Waals surface area contributed by atoms with Crippen LogP contribution in [0.3, 0.4) is 0 Å². The molecule has 0 radical (unpaired) electrons. The zero-order valence-electron chi connectivity index (χ0n) is 15.4. The number of hydrogen-bond acceptors (Lipinski definition) is 4. The van der Waals surface area contributed by atoms with Crippen molar-refractivity contribution in [2.24, 2.45) is 5.92 Å². The van der Waals surface area contributed by atoms with Crippen molar-refractivity contribution in [1.82, 2.24) is 20.1 Å². The molecule has 144 valence electrons. The van der Waals surface area contributed by atoms with E-state index in [2.05, 4.69) is 15.4 Å². The lowest BCUT2D eigenvalue weighted by atomic mass is 9.84. The largest absolute Gasteiger partial charge is 0.481 e. The van der Waals surface area contributed by atoms with Gasteiger partial charge in [-0.1, -0.05) is 38.2 Å². The molecular formula is C20H26N4O3. The molecule has 1 aliphatic carbocycles. The molecule has 7 heteroatoms. The van der Waals surface area contributed by atoms with Gasteiger partial charge >= 0.3 is 5.97 Å². The summed E-state index contributed by atoms with van der Waals surface area (Å²) in [7, 11) is 0. The summed E-state index contributed by atoms with van der Waals surface area (Å²) in [6, 6.07) is 7.06. The predicted molar refractivity (Wildman–Crippen MR) is 101 cm³/mol. The maximum absolute atomic E-state index is 12.8. The Bertz CT molecular complexity index is 754. The number of nitrogens with one attached hydrogen (secondary N) is 1. The van der Waals surface area contributed by atoms with Gasteiger partial charge in [-0.2, -0.15) is 5.10 Å². The number of aliphatic carboxylic acids is 1. The van der Waals surface area contributed by atoms with Crippen molar-refractivity contribution in [3.63, 3.8) is 0 Å². The molecule has 1 unspecified atom stereocenters. The van der Waals surface area contributed by atoms with Crippen LogP contribution in [0.1, 0.15) is 61.7 Å². The molecular weight excluding hydrogens is 344 g/mol. The summed E-state index contributed by atoms with van der Waals surface area (Å²) in [6.45, 7) is 0. The number of rotatable bonds is 8. The van der Waals surface area contributed by atoms with Gasteiger partial charge in [0.2, 0.25) is 0 Å². The molecule has 0 spiro atoms. The summed E-state index contributed by atoms with van der Waals surface area (Å²) in [5.74, 6) is -0.437. The minimum atomic E-state index is -0.828. The van der Waals surface area contributed by atoms with Crippen molar-refractivity contribution >= 4 is 11.9 Å². The van der Waals surface area contributed by atoms with Crippen molar-refractivity contribution in [3.05, 3.63) is 42.5 Å².